The molecule has 0 aromatic rings. The fourth-order valence-electron chi connectivity index (χ4n) is 0. The van der Waals surface area contributed by atoms with Crippen molar-refractivity contribution in [1.29, 1.82) is 0 Å². The average Bonchev–Trinajstić information content (AvgIpc) is 1.25. The molecule has 0 rings (SSSR count). The zero-order chi connectivity index (χ0) is 7.00. The molecule has 0 bridgehead atoms. The molecule has 0 aliphatic carbocycles. The van der Waals surface area contributed by atoms with E-state index in [0.717, 1.165) is 0 Å². The first-order chi connectivity index (χ1) is 3.25. The maximum absolute atomic E-state index is 10.7. The van der Waals surface area contributed by atoms with Crippen LogP contribution in [0.15, 0.2) is 0 Å². The molecule has 0 unspecified atom stereocenters. The quantitative estimate of drug-likeness (QED) is 0.302. The van der Waals surface area contributed by atoms with Gasteiger partial charge in [-0.3, -0.25) is 4.55 Å². The molecule has 2 radical (unpaired) electrons. The van der Waals surface area contributed by atoms with Gasteiger partial charge >= 0.3 is 15.6 Å². The minimum Gasteiger partial charge on any atom is -0.279 e. The topological polar surface area (TPSA) is 54.4 Å². The third kappa shape index (κ3) is 5.66. The first-order valence-corrected chi connectivity index (χ1v) is 2.73. The molecule has 3 nitrogen and oxygen atoms in total. The van der Waals surface area contributed by atoms with Crippen LogP contribution in [-0.4, -0.2) is 56.2 Å². The van der Waals surface area contributed by atoms with E-state index in [0.29, 0.717) is 0 Å². The van der Waals surface area contributed by atoms with Crippen molar-refractivity contribution in [2.45, 2.75) is 5.51 Å². The summed E-state index contributed by atoms with van der Waals surface area (Å²) >= 11 is 0. The molecule has 52 valence electrons. The van der Waals surface area contributed by atoms with Crippen LogP contribution in [0.5, 0.6) is 0 Å². The van der Waals surface area contributed by atoms with Gasteiger partial charge in [0.15, 0.2) is 0 Å². The van der Waals surface area contributed by atoms with E-state index in [4.69, 9.17) is 13.0 Å². The Hall–Kier alpha value is 0.895. The molecule has 0 saturated carbocycles. The average molecular weight is 164 g/mol. The Morgan fingerprint density at radius 3 is 1.20 bits per heavy atom. The van der Waals surface area contributed by atoms with Gasteiger partial charge in [0, 0.05) is 37.7 Å². The summed E-state index contributed by atoms with van der Waals surface area (Å²) in [5.41, 5.74) is -5.53. The van der Waals surface area contributed by atoms with Crippen LogP contribution >= 0.6 is 0 Å². The van der Waals surface area contributed by atoms with E-state index in [1.807, 2.05) is 0 Å². The second kappa shape index (κ2) is 4.71. The molecule has 0 heterocycles. The molecule has 0 aliphatic heterocycles. The summed E-state index contributed by atoms with van der Waals surface area (Å²) in [5.74, 6) is 0. The molecular formula is CHF3Li2O3S. The standard InChI is InChI=1S/CHF3O3S.2Li/c2-1(3,4)8(5,6)7;;/h(H,5,6,7);;. The Labute approximate surface area is 79.5 Å². The number of hydrogen-bond acceptors (Lipinski definition) is 2. The number of rotatable bonds is 0. The summed E-state index contributed by atoms with van der Waals surface area (Å²) in [4.78, 5) is 0. The smallest absolute Gasteiger partial charge is 0.279 e. The van der Waals surface area contributed by atoms with Gasteiger partial charge in [0.25, 0.3) is 0 Å². The van der Waals surface area contributed by atoms with Crippen molar-refractivity contribution in [3.63, 3.8) is 0 Å². The Bertz CT molecular complexity index is 171. The summed E-state index contributed by atoms with van der Waals surface area (Å²) in [7, 11) is -5.84. The van der Waals surface area contributed by atoms with Crippen molar-refractivity contribution in [2.75, 3.05) is 0 Å². The summed E-state index contributed by atoms with van der Waals surface area (Å²) in [5, 5.41) is 0. The van der Waals surface area contributed by atoms with Crippen LogP contribution in [0.3, 0.4) is 0 Å². The van der Waals surface area contributed by atoms with E-state index in [2.05, 4.69) is 0 Å². The van der Waals surface area contributed by atoms with Gasteiger partial charge in [-0.05, 0) is 0 Å². The van der Waals surface area contributed by atoms with E-state index in [-0.39, 0.29) is 37.7 Å². The molecule has 0 fully saturated rings. The zero-order valence-electron chi connectivity index (χ0n) is 5.31. The zero-order valence-corrected chi connectivity index (χ0v) is 6.12. The summed E-state index contributed by atoms with van der Waals surface area (Å²) in [6.07, 6.45) is 0. The van der Waals surface area contributed by atoms with Gasteiger partial charge in [-0.25, -0.2) is 0 Å². The van der Waals surface area contributed by atoms with Crippen LogP contribution in [0.2, 0.25) is 0 Å². The van der Waals surface area contributed by atoms with Crippen molar-refractivity contribution < 1.29 is 26.1 Å². The van der Waals surface area contributed by atoms with Crippen LogP contribution in [0, 0.1) is 0 Å². The maximum atomic E-state index is 10.7. The predicted molar refractivity (Wildman–Crippen MR) is 29.1 cm³/mol. The van der Waals surface area contributed by atoms with Crippen LogP contribution < -0.4 is 0 Å². The second-order valence-electron chi connectivity index (χ2n) is 0.921. The Morgan fingerprint density at radius 1 is 1.10 bits per heavy atom. The molecule has 0 atom stereocenters. The van der Waals surface area contributed by atoms with Gasteiger partial charge in [-0.15, -0.1) is 0 Å². The Kier molecular flexibility index (Phi) is 8.06. The van der Waals surface area contributed by atoms with E-state index in [9.17, 15) is 13.2 Å². The summed E-state index contributed by atoms with van der Waals surface area (Å²) in [6.45, 7) is 0. The fourth-order valence-corrected chi connectivity index (χ4v) is 0. The summed E-state index contributed by atoms with van der Waals surface area (Å²) < 4.78 is 57.5. The van der Waals surface area contributed by atoms with Crippen LogP contribution in [0.25, 0.3) is 0 Å². The summed E-state index contributed by atoms with van der Waals surface area (Å²) in [6, 6.07) is 0. The van der Waals surface area contributed by atoms with Gasteiger partial charge in [-0.2, -0.15) is 21.6 Å². The molecule has 1 N–H and O–H groups in total. The van der Waals surface area contributed by atoms with E-state index in [1.165, 1.54) is 0 Å². The fraction of sp³-hybridized carbons (Fsp3) is 1.00. The molecule has 0 aromatic heterocycles. The van der Waals surface area contributed by atoms with E-state index < -0.39 is 15.6 Å². The molecule has 0 saturated heterocycles. The van der Waals surface area contributed by atoms with Gasteiger partial charge in [0.1, 0.15) is 0 Å². The first-order valence-electron chi connectivity index (χ1n) is 1.29. The van der Waals surface area contributed by atoms with Gasteiger partial charge in [-0.1, -0.05) is 0 Å². The Balaban J connectivity index is -0.000000245. The van der Waals surface area contributed by atoms with Gasteiger partial charge in [0.2, 0.25) is 0 Å². The molecule has 0 aliphatic rings. The normalized spacial score (nSPS) is 11.2. The third-order valence-corrected chi connectivity index (χ3v) is 0.877. The number of alkyl halides is 3. The Morgan fingerprint density at radius 2 is 1.20 bits per heavy atom. The van der Waals surface area contributed by atoms with Crippen molar-refractivity contribution in [3.8, 4) is 0 Å². The monoisotopic (exact) mass is 164 g/mol. The maximum Gasteiger partial charge on any atom is 0.522 e. The van der Waals surface area contributed by atoms with Crippen LogP contribution in [-0.2, 0) is 10.1 Å². The van der Waals surface area contributed by atoms with Crippen molar-refractivity contribution in [3.05, 3.63) is 0 Å². The third-order valence-electron chi connectivity index (χ3n) is 0.292. The minimum atomic E-state index is -5.84. The van der Waals surface area contributed by atoms with Gasteiger partial charge in [0.05, 0.1) is 0 Å². The van der Waals surface area contributed by atoms with Crippen molar-refractivity contribution in [2.24, 2.45) is 0 Å². The molecule has 9 heteroatoms. The molecule has 0 aromatic carbocycles. The largest absolute Gasteiger partial charge is 0.522 e. The van der Waals surface area contributed by atoms with Gasteiger partial charge < -0.3 is 0 Å². The second-order valence-corrected chi connectivity index (χ2v) is 2.33. The molecular weight excluding hydrogens is 163 g/mol. The van der Waals surface area contributed by atoms with Crippen molar-refractivity contribution in [1.82, 2.24) is 0 Å². The predicted octanol–water partition coefficient (Wildman–Crippen LogP) is -0.368. The number of hydrogen-bond donors (Lipinski definition) is 1. The molecule has 0 spiro atoms. The molecule has 0 amide bonds. The van der Waals surface area contributed by atoms with E-state index in [1.54, 1.807) is 0 Å². The van der Waals surface area contributed by atoms with E-state index >= 15 is 0 Å². The molecule has 10 heavy (non-hydrogen) atoms. The van der Waals surface area contributed by atoms with Crippen LogP contribution in [0.4, 0.5) is 13.2 Å². The van der Waals surface area contributed by atoms with Crippen molar-refractivity contribution >= 4 is 47.8 Å². The number of halogens is 3. The SMILES string of the molecule is O=S(=O)(O)C(F)(F)F.[Li].[Li]. The van der Waals surface area contributed by atoms with Crippen LogP contribution in [0.1, 0.15) is 0 Å². The minimum absolute atomic E-state index is 0. The first kappa shape index (κ1) is 17.1.